The van der Waals surface area contributed by atoms with Crippen molar-refractivity contribution in [3.05, 3.63) is 23.8 Å². The molecule has 0 aliphatic heterocycles. The Hall–Kier alpha value is 0.480. The Morgan fingerprint density at radius 1 is 1.62 bits per heavy atom. The monoisotopic (exact) mass is 117 g/mol. The predicted molar refractivity (Wildman–Crippen MR) is 32.1 cm³/mol. The zero-order valence-electron chi connectivity index (χ0n) is 5.65. The molecule has 0 nitrogen and oxygen atoms in total. The third kappa shape index (κ3) is 2.17. The van der Waals surface area contributed by atoms with Crippen molar-refractivity contribution in [2.24, 2.45) is 0 Å². The molecule has 0 aromatic rings. The molecule has 0 saturated carbocycles. The van der Waals surface area contributed by atoms with Crippen LogP contribution in [0.3, 0.4) is 0 Å². The van der Waals surface area contributed by atoms with E-state index in [1.807, 2.05) is 0 Å². The van der Waals surface area contributed by atoms with Gasteiger partial charge in [-0.05, 0) is 12.8 Å². The first-order chi connectivity index (χ1) is 3.43. The van der Waals surface area contributed by atoms with Crippen molar-refractivity contribution in [2.75, 3.05) is 0 Å². The zero-order chi connectivity index (χ0) is 5.11. The number of rotatable bonds is 1. The van der Waals surface area contributed by atoms with Gasteiger partial charge in [-0.2, -0.15) is 0 Å². The Morgan fingerprint density at radius 3 is 2.62 bits per heavy atom. The average Bonchev–Trinajstić information content (AvgIpc) is 2.14. The van der Waals surface area contributed by atoms with E-state index >= 15 is 0 Å². The molecule has 0 bridgehead atoms. The molecule has 0 unspecified atom stereocenters. The number of hydrogen-bond donors (Lipinski definition) is 0. The largest absolute Gasteiger partial charge is 1.00 e. The van der Waals surface area contributed by atoms with E-state index in [1.54, 1.807) is 5.57 Å². The Labute approximate surface area is 73.0 Å². The van der Waals surface area contributed by atoms with Gasteiger partial charge in [0.25, 0.3) is 0 Å². The van der Waals surface area contributed by atoms with Gasteiger partial charge in [0.15, 0.2) is 0 Å². The van der Waals surface area contributed by atoms with Crippen LogP contribution < -0.4 is 29.6 Å². The average molecular weight is 117 g/mol. The minimum absolute atomic E-state index is 0. The van der Waals surface area contributed by atoms with Gasteiger partial charge in [0.05, 0.1) is 0 Å². The Kier molecular flexibility index (Phi) is 4.63. The second kappa shape index (κ2) is 4.37. The molecule has 0 atom stereocenters. The second-order valence-electron chi connectivity index (χ2n) is 1.81. The minimum atomic E-state index is 0. The Balaban J connectivity index is 0.000000490. The van der Waals surface area contributed by atoms with Crippen LogP contribution in [0.4, 0.5) is 0 Å². The van der Waals surface area contributed by atoms with Crippen LogP contribution in [0.5, 0.6) is 0 Å². The molecular weight excluding hydrogens is 107 g/mol. The van der Waals surface area contributed by atoms with E-state index in [0.717, 1.165) is 0 Å². The van der Waals surface area contributed by atoms with Crippen LogP contribution in [-0.4, -0.2) is 0 Å². The number of allylic oxidation sites excluding steroid dienone is 4. The Bertz CT molecular complexity index is 112. The van der Waals surface area contributed by atoms with Gasteiger partial charge in [0, 0.05) is 0 Å². The third-order valence-corrected chi connectivity index (χ3v) is 1.30. The van der Waals surface area contributed by atoms with Crippen molar-refractivity contribution in [3.8, 4) is 0 Å². The van der Waals surface area contributed by atoms with Crippen molar-refractivity contribution in [3.63, 3.8) is 0 Å². The molecule has 0 amide bonds. The fourth-order valence-corrected chi connectivity index (χ4v) is 0.754. The molecule has 1 aliphatic rings. The summed E-state index contributed by atoms with van der Waals surface area (Å²) < 4.78 is 0. The fraction of sp³-hybridized carbons (Fsp3) is 0.429. The van der Waals surface area contributed by atoms with E-state index in [4.69, 9.17) is 0 Å². The molecule has 0 fully saturated rings. The van der Waals surface area contributed by atoms with E-state index in [1.165, 1.54) is 12.8 Å². The van der Waals surface area contributed by atoms with Gasteiger partial charge in [-0.25, -0.2) is 0 Å². The minimum Gasteiger partial charge on any atom is -0.0805 e. The van der Waals surface area contributed by atoms with Gasteiger partial charge in [-0.1, -0.05) is 30.7 Å². The summed E-state index contributed by atoms with van der Waals surface area (Å²) >= 11 is 0. The van der Waals surface area contributed by atoms with Crippen molar-refractivity contribution in [2.45, 2.75) is 19.8 Å². The summed E-state index contributed by atoms with van der Waals surface area (Å²) in [6.07, 6.45) is 8.92. The normalized spacial score (nSPS) is 15.4. The summed E-state index contributed by atoms with van der Waals surface area (Å²) in [5, 5.41) is 0. The van der Waals surface area contributed by atoms with Crippen molar-refractivity contribution >= 4 is 0 Å². The van der Waals surface area contributed by atoms with Crippen molar-refractivity contribution in [1.29, 1.82) is 0 Å². The van der Waals surface area contributed by atoms with Crippen LogP contribution in [0.25, 0.3) is 0 Å². The first-order valence-electron chi connectivity index (χ1n) is 2.78. The van der Waals surface area contributed by atoms with Crippen LogP contribution in [0.1, 0.15) is 19.8 Å². The zero-order valence-corrected chi connectivity index (χ0v) is 7.65. The molecule has 1 aliphatic carbocycles. The summed E-state index contributed by atoms with van der Waals surface area (Å²) in [6, 6.07) is 0. The Morgan fingerprint density at radius 2 is 2.38 bits per heavy atom. The van der Waals surface area contributed by atoms with Crippen molar-refractivity contribution < 1.29 is 29.6 Å². The summed E-state index contributed by atoms with van der Waals surface area (Å²) in [7, 11) is 0. The van der Waals surface area contributed by atoms with Crippen LogP contribution in [0.15, 0.2) is 23.8 Å². The maximum Gasteiger partial charge on any atom is 1.00 e. The van der Waals surface area contributed by atoms with Crippen molar-refractivity contribution in [1.82, 2.24) is 0 Å². The molecule has 1 rings (SSSR count). The van der Waals surface area contributed by atoms with Crippen LogP contribution in [0.2, 0.25) is 0 Å². The van der Waals surface area contributed by atoms with Gasteiger partial charge in [-0.15, -0.1) is 0 Å². The molecule has 0 spiro atoms. The predicted octanol–water partition coefficient (Wildman–Crippen LogP) is -0.713. The van der Waals surface area contributed by atoms with Gasteiger partial charge in [0.2, 0.25) is 0 Å². The van der Waals surface area contributed by atoms with Crippen LogP contribution >= 0.6 is 0 Å². The van der Waals surface area contributed by atoms with E-state index in [-0.39, 0.29) is 29.6 Å². The molecule has 0 saturated heterocycles. The van der Waals surface area contributed by atoms with Gasteiger partial charge in [0.1, 0.15) is 0 Å². The van der Waals surface area contributed by atoms with E-state index in [2.05, 4.69) is 25.2 Å². The first-order valence-corrected chi connectivity index (χ1v) is 2.78. The molecule has 0 radical (unpaired) electrons. The SMILES string of the molecule is CCC1=CC=CC1.[Na+]. The molecule has 0 heterocycles. The van der Waals surface area contributed by atoms with Crippen LogP contribution in [0, 0.1) is 0 Å². The van der Waals surface area contributed by atoms with Gasteiger partial charge >= 0.3 is 29.6 Å². The van der Waals surface area contributed by atoms with Gasteiger partial charge in [-0.3, -0.25) is 0 Å². The summed E-state index contributed by atoms with van der Waals surface area (Å²) in [4.78, 5) is 0. The summed E-state index contributed by atoms with van der Waals surface area (Å²) in [5.74, 6) is 0. The molecule has 38 valence electrons. The molecule has 8 heavy (non-hydrogen) atoms. The summed E-state index contributed by atoms with van der Waals surface area (Å²) in [6.45, 7) is 2.19. The quantitative estimate of drug-likeness (QED) is 0.398. The third-order valence-electron chi connectivity index (χ3n) is 1.30. The molecular formula is C7H10Na+. The van der Waals surface area contributed by atoms with E-state index in [0.29, 0.717) is 0 Å². The standard InChI is InChI=1S/C7H10.Na/c1-2-7-5-3-4-6-7;/h3-5H,2,6H2,1H3;/q;+1. The first kappa shape index (κ1) is 8.48. The number of hydrogen-bond acceptors (Lipinski definition) is 0. The second-order valence-corrected chi connectivity index (χ2v) is 1.81. The fourth-order valence-electron chi connectivity index (χ4n) is 0.754. The topological polar surface area (TPSA) is 0 Å². The van der Waals surface area contributed by atoms with Crippen LogP contribution in [-0.2, 0) is 0 Å². The van der Waals surface area contributed by atoms with E-state index in [9.17, 15) is 0 Å². The molecule has 0 aromatic carbocycles. The smallest absolute Gasteiger partial charge is 0.0805 e. The summed E-state index contributed by atoms with van der Waals surface area (Å²) in [5.41, 5.74) is 1.56. The maximum absolute atomic E-state index is 2.19. The van der Waals surface area contributed by atoms with Gasteiger partial charge < -0.3 is 0 Å². The van der Waals surface area contributed by atoms with E-state index < -0.39 is 0 Å². The molecule has 1 heteroatoms. The maximum atomic E-state index is 2.19. The molecule has 0 aromatic heterocycles. The molecule has 0 N–H and O–H groups in total.